The second-order valence-electron chi connectivity index (χ2n) is 5.65. The molecule has 0 aliphatic rings. The molecular weight excluding hydrogens is 362 g/mol. The van der Waals surface area contributed by atoms with Gasteiger partial charge in [-0.3, -0.25) is 4.57 Å². The van der Waals surface area contributed by atoms with Crippen LogP contribution >= 0.6 is 0 Å². The summed E-state index contributed by atoms with van der Waals surface area (Å²) >= 11 is 0. The summed E-state index contributed by atoms with van der Waals surface area (Å²) in [6.07, 6.45) is 1.79. The number of para-hydroxylation sites is 2. The van der Waals surface area contributed by atoms with Gasteiger partial charge in [0.05, 0.1) is 0 Å². The van der Waals surface area contributed by atoms with Crippen LogP contribution < -0.4 is 4.98 Å². The second kappa shape index (κ2) is 6.26. The van der Waals surface area contributed by atoms with Crippen molar-refractivity contribution in [3.8, 4) is 17.2 Å². The van der Waals surface area contributed by atoms with Gasteiger partial charge in [-0.15, -0.1) is 5.52 Å². The Hall–Kier alpha value is -2.78. The number of nitrogens with zero attached hydrogens (tertiary/aromatic N) is 4. The molecule has 4 nitrogen and oxygen atoms in total. The molecule has 0 saturated heterocycles. The number of benzene rings is 2. The first-order chi connectivity index (χ1) is 11.9. The van der Waals surface area contributed by atoms with E-state index < -0.39 is 0 Å². The van der Waals surface area contributed by atoms with E-state index >= 15 is 0 Å². The summed E-state index contributed by atoms with van der Waals surface area (Å²) < 4.78 is 2.07. The van der Waals surface area contributed by atoms with Crippen molar-refractivity contribution in [3.05, 3.63) is 79.0 Å². The zero-order chi connectivity index (χ0) is 15.9. The molecule has 25 heavy (non-hydrogen) atoms. The van der Waals surface area contributed by atoms with Gasteiger partial charge in [0.25, 0.3) is 0 Å². The molecule has 5 heteroatoms. The first-order valence-electron chi connectivity index (χ1n) is 7.82. The summed E-state index contributed by atoms with van der Waals surface area (Å²) in [4.78, 5) is 14.1. The molecule has 5 aromatic rings. The molecular formula is C20H13N4Zn-. The van der Waals surface area contributed by atoms with Crippen molar-refractivity contribution >= 4 is 22.1 Å². The summed E-state index contributed by atoms with van der Waals surface area (Å²) in [6.45, 7) is 0. The van der Waals surface area contributed by atoms with E-state index in [9.17, 15) is 0 Å². The van der Waals surface area contributed by atoms with Gasteiger partial charge in [-0.1, -0.05) is 54.2 Å². The average molecular weight is 375 g/mol. The first kappa shape index (κ1) is 15.7. The van der Waals surface area contributed by atoms with Gasteiger partial charge >= 0.3 is 0 Å². The van der Waals surface area contributed by atoms with E-state index in [-0.39, 0.29) is 19.5 Å². The van der Waals surface area contributed by atoms with E-state index in [1.807, 2.05) is 48.5 Å². The van der Waals surface area contributed by atoms with Crippen LogP contribution in [0.4, 0.5) is 0 Å². The largest absolute Gasteiger partial charge is 0.654 e. The molecule has 0 amide bonds. The van der Waals surface area contributed by atoms with E-state index in [2.05, 4.69) is 33.8 Å². The summed E-state index contributed by atoms with van der Waals surface area (Å²) in [7, 11) is 0. The van der Waals surface area contributed by atoms with Crippen LogP contribution in [0, 0.1) is 0 Å². The van der Waals surface area contributed by atoms with Gasteiger partial charge in [-0.2, -0.15) is 0 Å². The third kappa shape index (κ3) is 2.57. The van der Waals surface area contributed by atoms with E-state index in [1.165, 1.54) is 0 Å². The van der Waals surface area contributed by atoms with Gasteiger partial charge in [0.2, 0.25) is 0 Å². The molecule has 5 rings (SSSR count). The van der Waals surface area contributed by atoms with Crippen LogP contribution in [-0.4, -0.2) is 14.5 Å². The normalized spacial score (nSPS) is 10.9. The number of fused-ring (bicyclic) bond motifs is 2. The Bertz CT molecular complexity index is 1130. The van der Waals surface area contributed by atoms with Gasteiger partial charge in [-0.25, -0.2) is 9.97 Å². The molecule has 116 valence electrons. The van der Waals surface area contributed by atoms with Gasteiger partial charge in [0.1, 0.15) is 11.3 Å². The monoisotopic (exact) mass is 373 g/mol. The summed E-state index contributed by atoms with van der Waals surface area (Å²) in [5.74, 6) is 0.811. The van der Waals surface area contributed by atoms with Crippen molar-refractivity contribution < 1.29 is 19.5 Å². The maximum Gasteiger partial charge on any atom is 0.164 e. The van der Waals surface area contributed by atoms with Crippen LogP contribution in [0.15, 0.2) is 79.0 Å². The van der Waals surface area contributed by atoms with Crippen molar-refractivity contribution in [1.82, 2.24) is 19.5 Å². The van der Waals surface area contributed by atoms with Crippen molar-refractivity contribution in [1.29, 1.82) is 0 Å². The zero-order valence-electron chi connectivity index (χ0n) is 13.5. The Kier molecular flexibility index (Phi) is 3.94. The van der Waals surface area contributed by atoms with Crippen LogP contribution in [0.1, 0.15) is 0 Å². The fourth-order valence-electron chi connectivity index (χ4n) is 3.04. The number of imidazole rings is 1. The number of rotatable bonds is 2. The minimum absolute atomic E-state index is 0. The number of hydrogen-bond donors (Lipinski definition) is 0. The van der Waals surface area contributed by atoms with Gasteiger partial charge in [0, 0.05) is 31.4 Å². The quantitative estimate of drug-likeness (QED) is 0.435. The van der Waals surface area contributed by atoms with Gasteiger partial charge in [0.15, 0.2) is 5.65 Å². The molecule has 0 fully saturated rings. The molecule has 3 heterocycles. The fraction of sp³-hybridized carbons (Fsp3) is 0. The van der Waals surface area contributed by atoms with E-state index in [0.29, 0.717) is 0 Å². The van der Waals surface area contributed by atoms with Crippen LogP contribution in [0.3, 0.4) is 0 Å². The van der Waals surface area contributed by atoms with Crippen molar-refractivity contribution in [2.24, 2.45) is 0 Å². The second-order valence-corrected chi connectivity index (χ2v) is 5.65. The Balaban J connectivity index is 0.00000157. The average Bonchev–Trinajstić information content (AvgIpc) is 3.23. The summed E-state index contributed by atoms with van der Waals surface area (Å²) in [6, 6.07) is 24.2. The Labute approximate surface area is 157 Å². The third-order valence-corrected chi connectivity index (χ3v) is 4.13. The molecule has 0 spiro atoms. The number of aromatic nitrogens is 4. The summed E-state index contributed by atoms with van der Waals surface area (Å²) in [5.41, 5.74) is 4.57. The molecule has 3 aromatic heterocycles. The predicted octanol–water partition coefficient (Wildman–Crippen LogP) is 4.20. The van der Waals surface area contributed by atoms with Gasteiger partial charge in [-0.05, 0) is 29.7 Å². The Morgan fingerprint density at radius 1 is 0.840 bits per heavy atom. The van der Waals surface area contributed by atoms with Crippen molar-refractivity contribution in [2.75, 3.05) is 0 Å². The summed E-state index contributed by atoms with van der Waals surface area (Å²) in [5, 5.41) is 1.12. The van der Waals surface area contributed by atoms with Crippen LogP contribution in [-0.2, 0) is 19.5 Å². The SMILES string of the molecule is [Zn].c1ccc(-n2c(-c3cc4ccccc4[n-]3)nc3cccnc32)cc1. The van der Waals surface area contributed by atoms with Gasteiger partial charge < -0.3 is 4.98 Å². The topological polar surface area (TPSA) is 44.8 Å². The smallest absolute Gasteiger partial charge is 0.164 e. The number of pyridine rings is 1. The minimum Gasteiger partial charge on any atom is -0.654 e. The Morgan fingerprint density at radius 2 is 1.64 bits per heavy atom. The first-order valence-corrected chi connectivity index (χ1v) is 7.82. The molecule has 0 atom stereocenters. The fourth-order valence-corrected chi connectivity index (χ4v) is 3.04. The molecule has 0 saturated carbocycles. The maximum absolute atomic E-state index is 4.79. The molecule has 0 aliphatic heterocycles. The Morgan fingerprint density at radius 3 is 2.48 bits per heavy atom. The zero-order valence-corrected chi connectivity index (χ0v) is 16.5. The van der Waals surface area contributed by atoms with Crippen LogP contribution in [0.5, 0.6) is 0 Å². The molecule has 0 aliphatic carbocycles. The molecule has 2 aromatic carbocycles. The minimum atomic E-state index is 0. The van der Waals surface area contributed by atoms with Crippen molar-refractivity contribution in [2.45, 2.75) is 0 Å². The standard InChI is InChI=1S/C20H13N4.Zn/c1-2-8-15(9-3-1)24-19-17(11-6-12-21-19)23-20(24)18-13-14-7-4-5-10-16(14)22-18;/h1-13H;/q-1;. The predicted molar refractivity (Wildman–Crippen MR) is 95.1 cm³/mol. The van der Waals surface area contributed by atoms with Crippen molar-refractivity contribution in [3.63, 3.8) is 0 Å². The molecule has 0 radical (unpaired) electrons. The molecule has 0 N–H and O–H groups in total. The van der Waals surface area contributed by atoms with E-state index in [1.54, 1.807) is 6.20 Å². The van der Waals surface area contributed by atoms with Crippen LogP contribution in [0.2, 0.25) is 0 Å². The van der Waals surface area contributed by atoms with E-state index in [0.717, 1.165) is 39.3 Å². The molecule has 0 bridgehead atoms. The van der Waals surface area contributed by atoms with Crippen LogP contribution in [0.25, 0.3) is 39.3 Å². The number of hydrogen-bond acceptors (Lipinski definition) is 2. The molecule has 0 unspecified atom stereocenters. The maximum atomic E-state index is 4.79. The third-order valence-electron chi connectivity index (χ3n) is 4.13. The van der Waals surface area contributed by atoms with E-state index in [4.69, 9.17) is 9.97 Å².